The summed E-state index contributed by atoms with van der Waals surface area (Å²) in [4.78, 5) is 10.5. The van der Waals surface area contributed by atoms with E-state index in [1.165, 1.54) is 12.8 Å². The molecule has 0 spiro atoms. The van der Waals surface area contributed by atoms with Crippen molar-refractivity contribution >= 4 is 28.1 Å². The lowest BCUT2D eigenvalue weighted by atomic mass is 9.45. The zero-order valence-electron chi connectivity index (χ0n) is 25.4. The standard InChI is InChI=1S/C29H52N2O4Si2/c1-20(30-32-4)29(35-37(9,10)11)17-15-24-23-13-12-21-18-22(31-33-5)14-16-27(21,2)26(23)25(19-28(24,29)3)34-36(6,7)8/h18,23-26H,12-17,19H2,1-11H3/b30-20+,31-22+. The Balaban J connectivity index is 1.83. The van der Waals surface area contributed by atoms with Crippen LogP contribution in [0, 0.1) is 28.6 Å². The molecule has 0 aromatic carbocycles. The van der Waals surface area contributed by atoms with Gasteiger partial charge in [-0.05, 0) is 120 Å². The topological polar surface area (TPSA) is 61.6 Å². The molecule has 7 atom stereocenters. The number of allylic oxidation sites excluding steroid dienone is 2. The van der Waals surface area contributed by atoms with Gasteiger partial charge in [0.05, 0.1) is 11.4 Å². The predicted molar refractivity (Wildman–Crippen MR) is 157 cm³/mol. The second-order valence-electron chi connectivity index (χ2n) is 14.5. The minimum absolute atomic E-state index is 0.0419. The fourth-order valence-electron chi connectivity index (χ4n) is 8.97. The van der Waals surface area contributed by atoms with Gasteiger partial charge in [-0.15, -0.1) is 0 Å². The second-order valence-corrected chi connectivity index (χ2v) is 23.4. The molecule has 4 aliphatic carbocycles. The molecule has 0 saturated heterocycles. The van der Waals surface area contributed by atoms with E-state index in [1.807, 2.05) is 0 Å². The number of oxime groups is 2. The molecule has 4 aliphatic rings. The van der Waals surface area contributed by atoms with Crippen LogP contribution >= 0.6 is 0 Å². The van der Waals surface area contributed by atoms with Crippen molar-refractivity contribution in [3.8, 4) is 0 Å². The molecule has 0 aliphatic heterocycles. The van der Waals surface area contributed by atoms with Gasteiger partial charge in [-0.1, -0.05) is 29.7 Å². The smallest absolute Gasteiger partial charge is 0.185 e. The van der Waals surface area contributed by atoms with Crippen LogP contribution in [0.3, 0.4) is 0 Å². The molecule has 8 heteroatoms. The van der Waals surface area contributed by atoms with Crippen molar-refractivity contribution in [3.63, 3.8) is 0 Å². The average Bonchev–Trinajstić information content (AvgIpc) is 3.04. The lowest BCUT2D eigenvalue weighted by Gasteiger charge is -2.63. The van der Waals surface area contributed by atoms with E-state index in [1.54, 1.807) is 19.8 Å². The Bertz CT molecular complexity index is 968. The van der Waals surface area contributed by atoms with Crippen LogP contribution < -0.4 is 0 Å². The predicted octanol–water partition coefficient (Wildman–Crippen LogP) is 7.39. The maximum absolute atomic E-state index is 7.25. The minimum atomic E-state index is -1.88. The Kier molecular flexibility index (Phi) is 7.76. The molecule has 4 rings (SSSR count). The molecule has 7 unspecified atom stereocenters. The first-order valence-corrected chi connectivity index (χ1v) is 21.2. The van der Waals surface area contributed by atoms with Crippen LogP contribution in [0.4, 0.5) is 0 Å². The Morgan fingerprint density at radius 3 is 2.24 bits per heavy atom. The zero-order valence-corrected chi connectivity index (χ0v) is 27.4. The number of hydrogen-bond donors (Lipinski definition) is 0. The van der Waals surface area contributed by atoms with Gasteiger partial charge < -0.3 is 18.5 Å². The molecule has 0 amide bonds. The highest BCUT2D eigenvalue weighted by molar-refractivity contribution is 6.70. The summed E-state index contributed by atoms with van der Waals surface area (Å²) in [5.74, 6) is 1.72. The lowest BCUT2D eigenvalue weighted by molar-refractivity contribution is -0.142. The van der Waals surface area contributed by atoms with Crippen LogP contribution in [-0.4, -0.2) is 54.0 Å². The number of fused-ring (bicyclic) bond motifs is 5. The fourth-order valence-corrected chi connectivity index (χ4v) is 11.6. The first kappa shape index (κ1) is 29.0. The van der Waals surface area contributed by atoms with E-state index in [0.717, 1.165) is 43.5 Å². The van der Waals surface area contributed by atoms with Crippen molar-refractivity contribution in [2.75, 3.05) is 14.2 Å². The summed E-state index contributed by atoms with van der Waals surface area (Å²) in [5, 5.41) is 8.88. The molecule has 6 nitrogen and oxygen atoms in total. The van der Waals surface area contributed by atoms with Gasteiger partial charge in [0, 0.05) is 11.5 Å². The summed E-state index contributed by atoms with van der Waals surface area (Å²) < 4.78 is 14.5. The molecule has 0 aromatic heterocycles. The van der Waals surface area contributed by atoms with Crippen LogP contribution in [0.15, 0.2) is 22.0 Å². The highest BCUT2D eigenvalue weighted by atomic mass is 28.4. The Hall–Kier alpha value is -0.966. The van der Waals surface area contributed by atoms with E-state index >= 15 is 0 Å². The molecule has 0 heterocycles. The third kappa shape index (κ3) is 5.05. The number of nitrogens with zero attached hydrogens (tertiary/aromatic N) is 2. The molecule has 3 fully saturated rings. The van der Waals surface area contributed by atoms with E-state index in [-0.39, 0.29) is 16.9 Å². The molecule has 0 N–H and O–H groups in total. The van der Waals surface area contributed by atoms with Crippen molar-refractivity contribution in [3.05, 3.63) is 11.6 Å². The van der Waals surface area contributed by atoms with E-state index in [0.29, 0.717) is 17.8 Å². The Morgan fingerprint density at radius 1 is 0.946 bits per heavy atom. The van der Waals surface area contributed by atoms with E-state index in [9.17, 15) is 0 Å². The lowest BCUT2D eigenvalue weighted by Crippen LogP contribution is -2.64. The van der Waals surface area contributed by atoms with Crippen LogP contribution in [0.1, 0.15) is 65.7 Å². The maximum atomic E-state index is 7.25. The van der Waals surface area contributed by atoms with Crippen LogP contribution in [-0.2, 0) is 18.5 Å². The highest BCUT2D eigenvalue weighted by Gasteiger charge is 2.69. The van der Waals surface area contributed by atoms with Gasteiger partial charge in [-0.3, -0.25) is 0 Å². The van der Waals surface area contributed by atoms with Crippen LogP contribution in [0.5, 0.6) is 0 Å². The van der Waals surface area contributed by atoms with Crippen molar-refractivity contribution in [2.24, 2.45) is 38.9 Å². The summed E-state index contributed by atoms with van der Waals surface area (Å²) in [7, 11) is -0.369. The summed E-state index contributed by atoms with van der Waals surface area (Å²) in [6.45, 7) is 21.2. The van der Waals surface area contributed by atoms with Crippen molar-refractivity contribution in [1.82, 2.24) is 0 Å². The van der Waals surface area contributed by atoms with Crippen molar-refractivity contribution < 1.29 is 18.5 Å². The average molecular weight is 549 g/mol. The summed E-state index contributed by atoms with van der Waals surface area (Å²) in [6.07, 6.45) is 10.2. The van der Waals surface area contributed by atoms with Gasteiger partial charge in [-0.25, -0.2) is 0 Å². The summed E-state index contributed by atoms with van der Waals surface area (Å²) in [5.41, 5.74) is 3.36. The first-order chi connectivity index (χ1) is 17.1. The molecule has 37 heavy (non-hydrogen) atoms. The summed E-state index contributed by atoms with van der Waals surface area (Å²) >= 11 is 0. The monoisotopic (exact) mass is 548 g/mol. The molecular formula is C29H52N2O4Si2. The van der Waals surface area contributed by atoms with Crippen LogP contribution in [0.25, 0.3) is 0 Å². The van der Waals surface area contributed by atoms with Crippen molar-refractivity contribution in [1.29, 1.82) is 0 Å². The van der Waals surface area contributed by atoms with Gasteiger partial charge in [0.2, 0.25) is 0 Å². The van der Waals surface area contributed by atoms with Gasteiger partial charge >= 0.3 is 0 Å². The van der Waals surface area contributed by atoms with Gasteiger partial charge in [0.15, 0.2) is 16.6 Å². The van der Waals surface area contributed by atoms with Crippen LogP contribution in [0.2, 0.25) is 39.3 Å². The van der Waals surface area contributed by atoms with E-state index in [4.69, 9.17) is 18.5 Å². The zero-order chi connectivity index (χ0) is 27.4. The second kappa shape index (κ2) is 9.90. The normalized spacial score (nSPS) is 41.5. The molecular weight excluding hydrogens is 497 g/mol. The summed E-state index contributed by atoms with van der Waals surface area (Å²) in [6, 6.07) is 0. The van der Waals surface area contributed by atoms with Crippen molar-refractivity contribution in [2.45, 2.75) is 117 Å². The number of rotatable bonds is 7. The number of hydrogen-bond acceptors (Lipinski definition) is 6. The quantitative estimate of drug-likeness (QED) is 0.189. The maximum Gasteiger partial charge on any atom is 0.185 e. The minimum Gasteiger partial charge on any atom is -0.414 e. The van der Waals surface area contributed by atoms with Gasteiger partial charge in [0.1, 0.15) is 19.8 Å². The Labute approximate surface area is 227 Å². The third-order valence-electron chi connectivity index (χ3n) is 10.0. The molecule has 0 radical (unpaired) electrons. The largest absolute Gasteiger partial charge is 0.414 e. The highest BCUT2D eigenvalue weighted by Crippen LogP contribution is 2.69. The van der Waals surface area contributed by atoms with E-state index in [2.05, 4.69) is 76.4 Å². The third-order valence-corrected chi connectivity index (χ3v) is 12.0. The van der Waals surface area contributed by atoms with Gasteiger partial charge in [0.25, 0.3) is 0 Å². The van der Waals surface area contributed by atoms with E-state index < -0.39 is 22.2 Å². The fraction of sp³-hybridized carbons (Fsp3) is 0.862. The first-order valence-electron chi connectivity index (χ1n) is 14.4. The molecule has 3 saturated carbocycles. The molecule has 0 bridgehead atoms. The molecule has 0 aromatic rings. The van der Waals surface area contributed by atoms with Gasteiger partial charge in [-0.2, -0.15) is 0 Å². The SMILES string of the molecule is CO/N=C1/C=C2CCC3C(C(O[Si](C)(C)C)CC4(C)C3CCC4(O[Si](C)(C)C)/C(C)=N/OC)C2(C)CC1. The molecule has 210 valence electrons. The Morgan fingerprint density at radius 2 is 1.65 bits per heavy atom.